The lowest BCUT2D eigenvalue weighted by molar-refractivity contribution is 0.00578. The molecular formula is C18H27BCl2N2O3. The first-order valence-corrected chi connectivity index (χ1v) is 9.13. The smallest absolute Gasteiger partial charge is 0.399 e. The van der Waals surface area contributed by atoms with E-state index in [1.54, 1.807) is 23.1 Å². The molecule has 2 fully saturated rings. The first-order valence-electron chi connectivity index (χ1n) is 8.75. The van der Waals surface area contributed by atoms with Crippen LogP contribution in [0.15, 0.2) is 18.2 Å². The molecular weight excluding hydrogens is 374 g/mol. The van der Waals surface area contributed by atoms with E-state index < -0.39 is 18.3 Å². The molecule has 144 valence electrons. The second-order valence-electron chi connectivity index (χ2n) is 7.89. The summed E-state index contributed by atoms with van der Waals surface area (Å²) in [5, 5.41) is 3.83. The van der Waals surface area contributed by atoms with Gasteiger partial charge in [0.1, 0.15) is 0 Å². The molecule has 0 aliphatic carbocycles. The van der Waals surface area contributed by atoms with Crippen molar-refractivity contribution in [2.75, 3.05) is 20.1 Å². The van der Waals surface area contributed by atoms with Gasteiger partial charge in [0.2, 0.25) is 0 Å². The van der Waals surface area contributed by atoms with Gasteiger partial charge in [0.15, 0.2) is 0 Å². The van der Waals surface area contributed by atoms with Gasteiger partial charge < -0.3 is 19.5 Å². The molecule has 2 heterocycles. The summed E-state index contributed by atoms with van der Waals surface area (Å²) in [7, 11) is 1.27. The van der Waals surface area contributed by atoms with Crippen LogP contribution in [-0.4, -0.2) is 55.3 Å². The highest BCUT2D eigenvalue weighted by Gasteiger charge is 2.52. The Bertz CT molecular complexity index is 662. The maximum Gasteiger partial charge on any atom is 0.496 e. The van der Waals surface area contributed by atoms with Crippen LogP contribution in [0.25, 0.3) is 0 Å². The Kier molecular flexibility index (Phi) is 6.36. The maximum absolute atomic E-state index is 12.8. The number of nitrogens with zero attached hydrogens (tertiary/aromatic N) is 1. The Labute approximate surface area is 167 Å². The third kappa shape index (κ3) is 3.90. The van der Waals surface area contributed by atoms with Gasteiger partial charge in [-0.25, -0.2) is 0 Å². The Morgan fingerprint density at radius 1 is 1.27 bits per heavy atom. The number of benzene rings is 1. The standard InChI is InChI=1S/C18H26BClN2O3.ClH/c1-17(2)18(3,4)25-19(24-17)14-10-12(6-7-15(14)20)16(23)22(5)13-8-9-21-11-13;/h6-7,10,13,21H,8-9,11H2,1-5H3;1H/t13-;/m1./s1. The summed E-state index contributed by atoms with van der Waals surface area (Å²) in [5.41, 5.74) is 0.397. The predicted molar refractivity (Wildman–Crippen MR) is 108 cm³/mol. The molecule has 2 saturated heterocycles. The van der Waals surface area contributed by atoms with Crippen LogP contribution in [0.5, 0.6) is 0 Å². The zero-order valence-corrected chi connectivity index (χ0v) is 17.5. The fourth-order valence-corrected chi connectivity index (χ4v) is 3.37. The molecule has 1 N–H and O–H groups in total. The highest BCUT2D eigenvalue weighted by atomic mass is 35.5. The summed E-state index contributed by atoms with van der Waals surface area (Å²) in [6, 6.07) is 5.53. The minimum atomic E-state index is -0.580. The summed E-state index contributed by atoms with van der Waals surface area (Å²) in [6.07, 6.45) is 0.972. The molecule has 0 spiro atoms. The highest BCUT2D eigenvalue weighted by molar-refractivity contribution is 6.65. The Balaban J connectivity index is 0.00000243. The number of rotatable bonds is 3. The van der Waals surface area contributed by atoms with Crippen LogP contribution in [0.1, 0.15) is 44.5 Å². The third-order valence-electron chi connectivity index (χ3n) is 5.65. The van der Waals surface area contributed by atoms with Crippen molar-refractivity contribution < 1.29 is 14.1 Å². The van der Waals surface area contributed by atoms with Gasteiger partial charge in [-0.3, -0.25) is 4.79 Å². The Hall–Kier alpha value is -0.785. The molecule has 2 aliphatic rings. The van der Waals surface area contributed by atoms with Crippen molar-refractivity contribution in [3.05, 3.63) is 28.8 Å². The zero-order valence-electron chi connectivity index (χ0n) is 16.0. The van der Waals surface area contributed by atoms with Crippen molar-refractivity contribution in [3.63, 3.8) is 0 Å². The first-order chi connectivity index (χ1) is 11.6. The molecule has 1 amide bonds. The highest BCUT2D eigenvalue weighted by Crippen LogP contribution is 2.37. The zero-order chi connectivity index (χ0) is 18.4. The molecule has 1 aromatic carbocycles. The average molecular weight is 401 g/mol. The van der Waals surface area contributed by atoms with Gasteiger partial charge in [0, 0.05) is 35.7 Å². The summed E-state index contributed by atoms with van der Waals surface area (Å²) in [4.78, 5) is 14.6. The number of likely N-dealkylation sites (N-methyl/N-ethyl adjacent to an activating group) is 1. The second-order valence-corrected chi connectivity index (χ2v) is 8.29. The van der Waals surface area contributed by atoms with Gasteiger partial charge in [-0.2, -0.15) is 0 Å². The number of hydrogen-bond donors (Lipinski definition) is 1. The number of carbonyl (C=O) groups is 1. The molecule has 3 rings (SSSR count). The van der Waals surface area contributed by atoms with Crippen molar-refractivity contribution in [2.24, 2.45) is 0 Å². The van der Waals surface area contributed by atoms with Crippen LogP contribution < -0.4 is 10.8 Å². The molecule has 8 heteroatoms. The molecule has 5 nitrogen and oxygen atoms in total. The SMILES string of the molecule is CN(C(=O)c1ccc(Cl)c(B2OC(C)(C)C(C)(C)O2)c1)[C@@H]1CCNC1.Cl. The minimum absolute atomic E-state index is 0. The number of halogens is 2. The van der Waals surface area contributed by atoms with Gasteiger partial charge in [-0.15, -0.1) is 12.4 Å². The van der Waals surface area contributed by atoms with Crippen LogP contribution in [0.3, 0.4) is 0 Å². The van der Waals surface area contributed by atoms with Crippen LogP contribution in [0.4, 0.5) is 0 Å². The normalized spacial score (nSPS) is 23.6. The van der Waals surface area contributed by atoms with Gasteiger partial charge in [-0.1, -0.05) is 11.6 Å². The van der Waals surface area contributed by atoms with Gasteiger partial charge in [0.25, 0.3) is 5.91 Å². The fraction of sp³-hybridized carbons (Fsp3) is 0.611. The van der Waals surface area contributed by atoms with Gasteiger partial charge >= 0.3 is 7.12 Å². The summed E-state index contributed by atoms with van der Waals surface area (Å²) in [6.45, 7) is 9.77. The van der Waals surface area contributed by atoms with Crippen LogP contribution in [-0.2, 0) is 9.31 Å². The number of nitrogens with one attached hydrogen (secondary N) is 1. The molecule has 0 unspecified atom stereocenters. The molecule has 1 atom stereocenters. The van der Waals surface area contributed by atoms with E-state index in [-0.39, 0.29) is 24.4 Å². The third-order valence-corrected chi connectivity index (χ3v) is 6.00. The van der Waals surface area contributed by atoms with E-state index in [0.717, 1.165) is 19.5 Å². The Morgan fingerprint density at radius 2 is 1.88 bits per heavy atom. The van der Waals surface area contributed by atoms with Crippen molar-refractivity contribution >= 4 is 42.5 Å². The largest absolute Gasteiger partial charge is 0.496 e. The predicted octanol–water partition coefficient (Wildman–Crippen LogP) is 2.49. The number of amides is 1. The van der Waals surface area contributed by atoms with Crippen molar-refractivity contribution in [2.45, 2.75) is 51.4 Å². The topological polar surface area (TPSA) is 50.8 Å². The monoisotopic (exact) mass is 400 g/mol. The van der Waals surface area contributed by atoms with Crippen LogP contribution in [0.2, 0.25) is 5.02 Å². The molecule has 26 heavy (non-hydrogen) atoms. The molecule has 0 saturated carbocycles. The van der Waals surface area contributed by atoms with Crippen LogP contribution in [0, 0.1) is 0 Å². The molecule has 0 radical (unpaired) electrons. The first kappa shape index (κ1) is 21.5. The Morgan fingerprint density at radius 3 is 2.42 bits per heavy atom. The second kappa shape index (κ2) is 7.68. The molecule has 1 aromatic rings. The van der Waals surface area contributed by atoms with Gasteiger partial charge in [0.05, 0.1) is 11.2 Å². The van der Waals surface area contributed by atoms with E-state index in [1.165, 1.54) is 0 Å². The lowest BCUT2D eigenvalue weighted by Gasteiger charge is -2.32. The molecule has 0 aromatic heterocycles. The average Bonchev–Trinajstić information content (AvgIpc) is 3.13. The van der Waals surface area contributed by atoms with E-state index in [2.05, 4.69) is 5.32 Å². The number of hydrogen-bond acceptors (Lipinski definition) is 4. The van der Waals surface area contributed by atoms with E-state index in [4.69, 9.17) is 20.9 Å². The van der Waals surface area contributed by atoms with Crippen molar-refractivity contribution in [3.8, 4) is 0 Å². The lowest BCUT2D eigenvalue weighted by atomic mass is 9.78. The van der Waals surface area contributed by atoms with E-state index in [9.17, 15) is 4.79 Å². The minimum Gasteiger partial charge on any atom is -0.399 e. The fourth-order valence-electron chi connectivity index (χ4n) is 3.17. The van der Waals surface area contributed by atoms with Crippen molar-refractivity contribution in [1.29, 1.82) is 0 Å². The molecule has 0 bridgehead atoms. The summed E-state index contributed by atoms with van der Waals surface area (Å²) in [5.74, 6) is -0.0110. The van der Waals surface area contributed by atoms with E-state index in [0.29, 0.717) is 16.0 Å². The molecule has 2 aliphatic heterocycles. The summed E-state index contributed by atoms with van der Waals surface area (Å²) >= 11 is 6.38. The summed E-state index contributed by atoms with van der Waals surface area (Å²) < 4.78 is 12.2. The lowest BCUT2D eigenvalue weighted by Crippen LogP contribution is -2.41. The number of carbonyl (C=O) groups excluding carboxylic acids is 1. The van der Waals surface area contributed by atoms with Crippen molar-refractivity contribution in [1.82, 2.24) is 10.2 Å². The van der Waals surface area contributed by atoms with Gasteiger partial charge in [-0.05, 0) is 58.9 Å². The van der Waals surface area contributed by atoms with Crippen LogP contribution >= 0.6 is 24.0 Å². The van der Waals surface area contributed by atoms with E-state index >= 15 is 0 Å². The maximum atomic E-state index is 12.8. The van der Waals surface area contributed by atoms with E-state index in [1.807, 2.05) is 34.7 Å². The quantitative estimate of drug-likeness (QED) is 0.792.